The Hall–Kier alpha value is -3.67. The summed E-state index contributed by atoms with van der Waals surface area (Å²) in [5.74, 6) is -0.878. The molecule has 0 aliphatic heterocycles. The maximum absolute atomic E-state index is 12.9. The first-order valence-electron chi connectivity index (χ1n) is 34.7. The summed E-state index contributed by atoms with van der Waals surface area (Å²) in [4.78, 5) is 38.4. The quantitative estimate of drug-likeness (QED) is 0.0261. The van der Waals surface area contributed by atoms with Crippen LogP contribution >= 0.6 is 0 Å². The molecule has 81 heavy (non-hydrogen) atoms. The van der Waals surface area contributed by atoms with Crippen molar-refractivity contribution in [3.8, 4) is 0 Å². The Balaban J connectivity index is 4.32. The molecule has 6 nitrogen and oxygen atoms in total. The zero-order valence-corrected chi connectivity index (χ0v) is 53.5. The van der Waals surface area contributed by atoms with E-state index in [1.165, 1.54) is 205 Å². The average molecular weight is 1130 g/mol. The first-order valence-corrected chi connectivity index (χ1v) is 34.7. The Kier molecular flexibility index (Phi) is 65.7. The fraction of sp³-hybridized carbons (Fsp3) is 0.747. The Morgan fingerprint density at radius 1 is 0.259 bits per heavy atom. The van der Waals surface area contributed by atoms with E-state index in [9.17, 15) is 14.4 Å². The number of esters is 3. The summed E-state index contributed by atoms with van der Waals surface area (Å²) in [6.07, 6.45) is 92.7. The van der Waals surface area contributed by atoms with Crippen LogP contribution in [0.25, 0.3) is 0 Å². The van der Waals surface area contributed by atoms with E-state index < -0.39 is 6.10 Å². The number of allylic oxidation sites excluding steroid dienone is 16. The fourth-order valence-electron chi connectivity index (χ4n) is 9.85. The van der Waals surface area contributed by atoms with Crippen molar-refractivity contribution in [1.29, 1.82) is 0 Å². The second-order valence-electron chi connectivity index (χ2n) is 23.1. The van der Waals surface area contributed by atoms with Gasteiger partial charge in [0.1, 0.15) is 13.2 Å². The van der Waals surface area contributed by atoms with E-state index in [0.29, 0.717) is 19.3 Å². The molecule has 0 bridgehead atoms. The maximum atomic E-state index is 12.9. The maximum Gasteiger partial charge on any atom is 0.306 e. The lowest BCUT2D eigenvalue weighted by atomic mass is 10.1. The van der Waals surface area contributed by atoms with E-state index in [2.05, 4.69) is 118 Å². The molecule has 0 aliphatic carbocycles. The molecule has 0 aromatic carbocycles. The van der Waals surface area contributed by atoms with Crippen molar-refractivity contribution in [3.63, 3.8) is 0 Å². The molecule has 0 amide bonds. The molecule has 0 aromatic heterocycles. The molecule has 0 fully saturated rings. The minimum atomic E-state index is -0.785. The number of carbonyl (C=O) groups is 3. The van der Waals surface area contributed by atoms with E-state index in [-0.39, 0.29) is 31.1 Å². The highest BCUT2D eigenvalue weighted by molar-refractivity contribution is 5.71. The van der Waals surface area contributed by atoms with Crippen molar-refractivity contribution >= 4 is 17.9 Å². The van der Waals surface area contributed by atoms with Crippen molar-refractivity contribution in [2.45, 2.75) is 348 Å². The summed E-state index contributed by atoms with van der Waals surface area (Å²) in [6, 6.07) is 0. The zero-order chi connectivity index (χ0) is 58.5. The van der Waals surface area contributed by atoms with Gasteiger partial charge in [-0.25, -0.2) is 0 Å². The molecule has 0 saturated carbocycles. The summed E-state index contributed by atoms with van der Waals surface area (Å²) in [5, 5.41) is 0. The molecule has 466 valence electrons. The number of unbranched alkanes of at least 4 members (excludes halogenated alkanes) is 36. The van der Waals surface area contributed by atoms with Crippen LogP contribution in [0, 0.1) is 0 Å². The molecule has 0 rings (SSSR count). The van der Waals surface area contributed by atoms with Gasteiger partial charge in [-0.05, 0) is 122 Å². The molecule has 1 atom stereocenters. The third-order valence-electron chi connectivity index (χ3n) is 15.0. The highest BCUT2D eigenvalue weighted by Crippen LogP contribution is 2.17. The van der Waals surface area contributed by atoms with Gasteiger partial charge in [0, 0.05) is 19.3 Å². The predicted molar refractivity (Wildman–Crippen MR) is 353 cm³/mol. The molecule has 0 N–H and O–H groups in total. The number of rotatable bonds is 63. The normalized spacial score (nSPS) is 12.7. The minimum absolute atomic E-state index is 0.0804. The lowest BCUT2D eigenvalue weighted by molar-refractivity contribution is -0.167. The fourth-order valence-corrected chi connectivity index (χ4v) is 9.85. The number of hydrogen-bond donors (Lipinski definition) is 0. The summed E-state index contributed by atoms with van der Waals surface area (Å²) >= 11 is 0. The highest BCUT2D eigenvalue weighted by Gasteiger charge is 2.19. The molecule has 0 heterocycles. The van der Waals surface area contributed by atoms with Crippen LogP contribution in [0.15, 0.2) is 97.2 Å². The zero-order valence-electron chi connectivity index (χ0n) is 53.5. The van der Waals surface area contributed by atoms with Crippen LogP contribution in [0.1, 0.15) is 342 Å². The third-order valence-corrected chi connectivity index (χ3v) is 15.0. The Morgan fingerprint density at radius 3 is 0.765 bits per heavy atom. The van der Waals surface area contributed by atoms with Crippen LogP contribution in [-0.2, 0) is 28.6 Å². The summed E-state index contributed by atoms with van der Waals surface area (Å²) < 4.78 is 17.0. The topological polar surface area (TPSA) is 78.9 Å². The Morgan fingerprint density at radius 2 is 0.481 bits per heavy atom. The molecule has 0 aliphatic rings. The number of carbonyl (C=O) groups excluding carboxylic acids is 3. The lowest BCUT2D eigenvalue weighted by Crippen LogP contribution is -2.30. The van der Waals surface area contributed by atoms with Crippen LogP contribution in [0.4, 0.5) is 0 Å². The van der Waals surface area contributed by atoms with Crippen LogP contribution in [0.2, 0.25) is 0 Å². The van der Waals surface area contributed by atoms with Crippen molar-refractivity contribution < 1.29 is 28.6 Å². The van der Waals surface area contributed by atoms with E-state index in [4.69, 9.17) is 14.2 Å². The van der Waals surface area contributed by atoms with E-state index in [1.54, 1.807) is 0 Å². The van der Waals surface area contributed by atoms with Gasteiger partial charge in [0.05, 0.1) is 0 Å². The lowest BCUT2D eigenvalue weighted by Gasteiger charge is -2.18. The van der Waals surface area contributed by atoms with Crippen LogP contribution < -0.4 is 0 Å². The summed E-state index contributed by atoms with van der Waals surface area (Å²) in [6.45, 7) is 6.55. The number of hydrogen-bond acceptors (Lipinski definition) is 6. The molecular formula is C75H130O6. The van der Waals surface area contributed by atoms with Crippen molar-refractivity contribution in [2.75, 3.05) is 13.2 Å². The van der Waals surface area contributed by atoms with Gasteiger partial charge >= 0.3 is 17.9 Å². The smallest absolute Gasteiger partial charge is 0.306 e. The Bertz CT molecular complexity index is 1580. The highest BCUT2D eigenvalue weighted by atomic mass is 16.6. The largest absolute Gasteiger partial charge is 0.462 e. The minimum Gasteiger partial charge on any atom is -0.462 e. The van der Waals surface area contributed by atoms with E-state index >= 15 is 0 Å². The van der Waals surface area contributed by atoms with Gasteiger partial charge in [-0.3, -0.25) is 14.4 Å². The van der Waals surface area contributed by atoms with Crippen molar-refractivity contribution in [1.82, 2.24) is 0 Å². The van der Waals surface area contributed by atoms with Gasteiger partial charge in [0.2, 0.25) is 0 Å². The van der Waals surface area contributed by atoms with Gasteiger partial charge in [0.25, 0.3) is 0 Å². The summed E-state index contributed by atoms with van der Waals surface area (Å²) in [7, 11) is 0. The second kappa shape index (κ2) is 68.8. The van der Waals surface area contributed by atoms with Crippen LogP contribution in [0.3, 0.4) is 0 Å². The number of ether oxygens (including phenoxy) is 3. The molecular weight excluding hydrogens is 997 g/mol. The van der Waals surface area contributed by atoms with Gasteiger partial charge in [-0.2, -0.15) is 0 Å². The molecule has 0 radical (unpaired) electrons. The molecule has 0 saturated heterocycles. The van der Waals surface area contributed by atoms with Gasteiger partial charge in [0.15, 0.2) is 6.10 Å². The van der Waals surface area contributed by atoms with Crippen LogP contribution in [-0.4, -0.2) is 37.2 Å². The first kappa shape index (κ1) is 77.3. The van der Waals surface area contributed by atoms with Crippen molar-refractivity contribution in [2.24, 2.45) is 0 Å². The van der Waals surface area contributed by atoms with E-state index in [1.807, 2.05) is 0 Å². The van der Waals surface area contributed by atoms with Crippen molar-refractivity contribution in [3.05, 3.63) is 97.2 Å². The standard InChI is InChI=1S/C75H130O6/c1-4-7-10-13-16-19-22-25-28-31-32-33-34-35-36-37-38-39-40-41-42-45-47-50-53-56-59-62-65-68-74(77)80-71-72(81-75(78)69-66-63-60-57-54-51-48-44-30-27-24-21-18-15-12-9-6-3)70-79-73(76)67-64-61-58-55-52-49-46-43-29-26-23-20-17-14-11-8-5-2/h7,10,16,19,25-30,32-33,35-36,38-39,72H,4-6,8-9,11-15,17-18,20-24,31,34,37,40-71H2,1-3H3/b10-7-,19-16-,28-25-,29-26-,30-27-,33-32-,36-35-,39-38-. The first-order chi connectivity index (χ1) is 40.0. The van der Waals surface area contributed by atoms with E-state index in [0.717, 1.165) is 96.3 Å². The van der Waals surface area contributed by atoms with Crippen LogP contribution in [0.5, 0.6) is 0 Å². The SMILES string of the molecule is CC/C=C\C/C=C\C/C=C\C/C=C\C/C=C\C/C=C\CCCCCCCCCCCCC(=O)OCC(COC(=O)CCCCCCCCC/C=C\CCCCCCCC)OC(=O)CCCCCCCCC/C=C\CCCCCCCC. The van der Waals surface area contributed by atoms with Gasteiger partial charge < -0.3 is 14.2 Å². The molecule has 0 spiro atoms. The monoisotopic (exact) mass is 1130 g/mol. The van der Waals surface area contributed by atoms with Gasteiger partial charge in [-0.1, -0.05) is 298 Å². The predicted octanol–water partition coefficient (Wildman–Crippen LogP) is 24.0. The molecule has 6 heteroatoms. The molecule has 1 unspecified atom stereocenters. The summed E-state index contributed by atoms with van der Waals surface area (Å²) in [5.41, 5.74) is 0. The second-order valence-corrected chi connectivity index (χ2v) is 23.1. The van der Waals surface area contributed by atoms with Gasteiger partial charge in [-0.15, -0.1) is 0 Å². The Labute approximate surface area is 502 Å². The third kappa shape index (κ3) is 67.0. The molecule has 0 aromatic rings. The average Bonchev–Trinajstić information content (AvgIpc) is 3.47.